The molecule has 0 aliphatic heterocycles. The molecule has 0 radical (unpaired) electrons. The number of pyridine rings is 1. The number of halogens is 1. The van der Waals surface area contributed by atoms with Gasteiger partial charge in [0.15, 0.2) is 5.78 Å². The summed E-state index contributed by atoms with van der Waals surface area (Å²) < 4.78 is 0. The summed E-state index contributed by atoms with van der Waals surface area (Å²) in [7, 11) is 0. The highest BCUT2D eigenvalue weighted by Crippen LogP contribution is 2.19. The molecular weight excluding hydrogens is 252 g/mol. The van der Waals surface area contributed by atoms with Crippen molar-refractivity contribution < 1.29 is 10.0 Å². The highest BCUT2D eigenvalue weighted by atomic mass is 35.5. The number of ketones is 1. The molecular formula is C13H11ClN2O2. The molecule has 2 rings (SSSR count). The van der Waals surface area contributed by atoms with Gasteiger partial charge in [0, 0.05) is 23.0 Å². The van der Waals surface area contributed by atoms with E-state index < -0.39 is 6.04 Å². The first-order valence-corrected chi connectivity index (χ1v) is 5.69. The van der Waals surface area contributed by atoms with Crippen molar-refractivity contribution in [2.24, 2.45) is 0 Å². The Balaban J connectivity index is 2.32. The van der Waals surface area contributed by atoms with Gasteiger partial charge in [-0.3, -0.25) is 9.78 Å². The second-order valence-corrected chi connectivity index (χ2v) is 4.15. The molecule has 0 amide bonds. The third-order valence-corrected chi connectivity index (χ3v) is 2.77. The number of nitrogens with one attached hydrogen (secondary N) is 1. The molecule has 1 atom stereocenters. The van der Waals surface area contributed by atoms with Crippen molar-refractivity contribution in [3.63, 3.8) is 0 Å². The van der Waals surface area contributed by atoms with E-state index in [4.69, 9.17) is 16.8 Å². The van der Waals surface area contributed by atoms with Crippen LogP contribution < -0.4 is 5.48 Å². The van der Waals surface area contributed by atoms with Gasteiger partial charge in [-0.1, -0.05) is 23.7 Å². The fourth-order valence-corrected chi connectivity index (χ4v) is 1.84. The third-order valence-electron chi connectivity index (χ3n) is 2.54. The Bertz CT molecular complexity index is 546. The Morgan fingerprint density at radius 1 is 1.28 bits per heavy atom. The average molecular weight is 263 g/mol. The van der Waals surface area contributed by atoms with E-state index in [1.807, 2.05) is 5.48 Å². The first-order valence-electron chi connectivity index (χ1n) is 5.31. The zero-order valence-corrected chi connectivity index (χ0v) is 10.1. The summed E-state index contributed by atoms with van der Waals surface area (Å²) in [5, 5.41) is 9.64. The van der Waals surface area contributed by atoms with E-state index in [-0.39, 0.29) is 5.78 Å². The fraction of sp³-hybridized carbons (Fsp3) is 0.0769. The van der Waals surface area contributed by atoms with E-state index in [1.165, 1.54) is 0 Å². The van der Waals surface area contributed by atoms with Crippen molar-refractivity contribution in [2.75, 3.05) is 0 Å². The zero-order valence-electron chi connectivity index (χ0n) is 9.38. The Labute approximate surface area is 109 Å². The van der Waals surface area contributed by atoms with Crippen molar-refractivity contribution in [2.45, 2.75) is 6.04 Å². The molecule has 0 bridgehead atoms. The van der Waals surface area contributed by atoms with Crippen LogP contribution in [0.25, 0.3) is 0 Å². The highest BCUT2D eigenvalue weighted by molar-refractivity contribution is 6.31. The quantitative estimate of drug-likeness (QED) is 0.657. The molecule has 1 aromatic heterocycles. The molecule has 1 heterocycles. The van der Waals surface area contributed by atoms with Gasteiger partial charge < -0.3 is 5.21 Å². The van der Waals surface area contributed by atoms with E-state index in [1.54, 1.807) is 48.8 Å². The van der Waals surface area contributed by atoms with Crippen LogP contribution in [-0.2, 0) is 0 Å². The zero-order chi connectivity index (χ0) is 13.0. The van der Waals surface area contributed by atoms with Crippen LogP contribution in [0, 0.1) is 0 Å². The second-order valence-electron chi connectivity index (χ2n) is 3.72. The lowest BCUT2D eigenvalue weighted by atomic mass is 9.99. The molecule has 92 valence electrons. The topological polar surface area (TPSA) is 62.2 Å². The SMILES string of the molecule is O=C(c1cccc(Cl)c1)C(NO)c1ccncc1. The van der Waals surface area contributed by atoms with Gasteiger partial charge in [-0.05, 0) is 29.8 Å². The lowest BCUT2D eigenvalue weighted by Crippen LogP contribution is -2.26. The minimum absolute atomic E-state index is 0.258. The van der Waals surface area contributed by atoms with Crippen molar-refractivity contribution in [3.8, 4) is 0 Å². The van der Waals surface area contributed by atoms with Gasteiger partial charge in [-0.2, -0.15) is 5.48 Å². The number of nitrogens with zero attached hydrogens (tertiary/aromatic N) is 1. The molecule has 0 fully saturated rings. The van der Waals surface area contributed by atoms with Crippen LogP contribution in [-0.4, -0.2) is 16.0 Å². The number of hydroxylamine groups is 1. The number of hydrogen-bond acceptors (Lipinski definition) is 4. The van der Waals surface area contributed by atoms with E-state index in [0.29, 0.717) is 16.1 Å². The minimum Gasteiger partial charge on any atom is -0.316 e. The summed E-state index contributed by atoms with van der Waals surface area (Å²) in [5.41, 5.74) is 3.09. The molecule has 0 spiro atoms. The molecule has 1 unspecified atom stereocenters. The number of carbonyl (C=O) groups excluding carboxylic acids is 1. The summed E-state index contributed by atoms with van der Waals surface area (Å²) in [6.07, 6.45) is 3.12. The number of rotatable bonds is 4. The van der Waals surface area contributed by atoms with Crippen LogP contribution in [0.5, 0.6) is 0 Å². The van der Waals surface area contributed by atoms with Crippen LogP contribution in [0.2, 0.25) is 5.02 Å². The summed E-state index contributed by atoms with van der Waals surface area (Å²) in [6.45, 7) is 0. The number of hydrogen-bond donors (Lipinski definition) is 2. The number of benzene rings is 1. The smallest absolute Gasteiger partial charge is 0.186 e. The predicted molar refractivity (Wildman–Crippen MR) is 67.7 cm³/mol. The second kappa shape index (κ2) is 5.73. The first kappa shape index (κ1) is 12.7. The summed E-state index contributed by atoms with van der Waals surface area (Å²) in [5.74, 6) is -0.258. The number of Topliss-reactive ketones (excluding diaryl/α,β-unsaturated/α-hetero) is 1. The van der Waals surface area contributed by atoms with E-state index in [2.05, 4.69) is 4.98 Å². The van der Waals surface area contributed by atoms with Gasteiger partial charge in [0.1, 0.15) is 6.04 Å². The largest absolute Gasteiger partial charge is 0.316 e. The van der Waals surface area contributed by atoms with Crippen molar-refractivity contribution >= 4 is 17.4 Å². The summed E-state index contributed by atoms with van der Waals surface area (Å²) in [6, 6.07) is 9.09. The molecule has 1 aromatic carbocycles. The molecule has 2 aromatic rings. The molecule has 0 aliphatic rings. The summed E-state index contributed by atoms with van der Waals surface area (Å²) in [4.78, 5) is 16.1. The third kappa shape index (κ3) is 2.73. The minimum atomic E-state index is -0.827. The highest BCUT2D eigenvalue weighted by Gasteiger charge is 2.21. The lowest BCUT2D eigenvalue weighted by Gasteiger charge is -2.14. The number of carbonyl (C=O) groups is 1. The normalized spacial score (nSPS) is 12.1. The Kier molecular flexibility index (Phi) is 4.04. The predicted octanol–water partition coefficient (Wildman–Crippen LogP) is 2.64. The van der Waals surface area contributed by atoms with Crippen LogP contribution >= 0.6 is 11.6 Å². The molecule has 0 aliphatic carbocycles. The Hall–Kier alpha value is -1.75. The van der Waals surface area contributed by atoms with Gasteiger partial charge in [-0.15, -0.1) is 0 Å². The van der Waals surface area contributed by atoms with Gasteiger partial charge >= 0.3 is 0 Å². The van der Waals surface area contributed by atoms with Gasteiger partial charge in [-0.25, -0.2) is 0 Å². The maximum Gasteiger partial charge on any atom is 0.186 e. The maximum absolute atomic E-state index is 12.2. The van der Waals surface area contributed by atoms with Gasteiger partial charge in [0.2, 0.25) is 0 Å². The van der Waals surface area contributed by atoms with Crippen LogP contribution in [0.4, 0.5) is 0 Å². The van der Waals surface area contributed by atoms with Gasteiger partial charge in [0.25, 0.3) is 0 Å². The van der Waals surface area contributed by atoms with Crippen LogP contribution in [0.1, 0.15) is 22.0 Å². The van der Waals surface area contributed by atoms with Crippen molar-refractivity contribution in [3.05, 3.63) is 64.9 Å². The molecule has 2 N–H and O–H groups in total. The maximum atomic E-state index is 12.2. The number of aromatic nitrogens is 1. The van der Waals surface area contributed by atoms with Gasteiger partial charge in [0.05, 0.1) is 0 Å². The fourth-order valence-electron chi connectivity index (χ4n) is 1.65. The Morgan fingerprint density at radius 2 is 2.00 bits per heavy atom. The first-order chi connectivity index (χ1) is 8.72. The van der Waals surface area contributed by atoms with E-state index >= 15 is 0 Å². The standard InChI is InChI=1S/C13H11ClN2O2/c14-11-3-1-2-10(8-11)13(17)12(16-18)9-4-6-15-7-5-9/h1-8,12,16,18H. The lowest BCUT2D eigenvalue weighted by molar-refractivity contribution is 0.0764. The van der Waals surface area contributed by atoms with E-state index in [0.717, 1.165) is 0 Å². The molecule has 0 saturated heterocycles. The molecule has 4 nitrogen and oxygen atoms in total. The van der Waals surface area contributed by atoms with E-state index in [9.17, 15) is 4.79 Å². The van der Waals surface area contributed by atoms with Crippen molar-refractivity contribution in [1.82, 2.24) is 10.5 Å². The summed E-state index contributed by atoms with van der Waals surface area (Å²) >= 11 is 5.84. The monoisotopic (exact) mass is 262 g/mol. The molecule has 5 heteroatoms. The van der Waals surface area contributed by atoms with Crippen LogP contribution in [0.3, 0.4) is 0 Å². The molecule has 18 heavy (non-hydrogen) atoms. The Morgan fingerprint density at radius 3 is 2.61 bits per heavy atom. The average Bonchev–Trinajstić information content (AvgIpc) is 2.41. The van der Waals surface area contributed by atoms with Crippen LogP contribution in [0.15, 0.2) is 48.8 Å². The van der Waals surface area contributed by atoms with Crippen molar-refractivity contribution in [1.29, 1.82) is 0 Å². The molecule has 0 saturated carbocycles.